The maximum absolute atomic E-state index is 11.4. The summed E-state index contributed by atoms with van der Waals surface area (Å²) in [4.78, 5) is 34.2. The highest BCUT2D eigenvalue weighted by atomic mass is 16.4. The minimum atomic E-state index is -1.01. The van der Waals surface area contributed by atoms with Gasteiger partial charge in [-0.1, -0.05) is 0 Å². The van der Waals surface area contributed by atoms with E-state index in [-0.39, 0.29) is 37.2 Å². The molecule has 0 aromatic rings. The van der Waals surface area contributed by atoms with E-state index < -0.39 is 5.97 Å². The van der Waals surface area contributed by atoms with Gasteiger partial charge >= 0.3 is 5.97 Å². The molecule has 0 unspecified atom stereocenters. The van der Waals surface area contributed by atoms with E-state index in [2.05, 4.69) is 5.32 Å². The Hall–Kier alpha value is -1.59. The molecule has 0 bridgehead atoms. The predicted molar refractivity (Wildman–Crippen MR) is 55.7 cm³/mol. The van der Waals surface area contributed by atoms with Crippen molar-refractivity contribution in [2.75, 3.05) is 13.6 Å². The van der Waals surface area contributed by atoms with Gasteiger partial charge in [0, 0.05) is 19.5 Å². The van der Waals surface area contributed by atoms with E-state index in [1.54, 1.807) is 0 Å². The number of aliphatic carboxylic acids is 1. The van der Waals surface area contributed by atoms with E-state index in [1.165, 1.54) is 11.9 Å². The quantitative estimate of drug-likeness (QED) is 0.647. The van der Waals surface area contributed by atoms with E-state index in [1.807, 2.05) is 0 Å². The Labute approximate surface area is 93.6 Å². The van der Waals surface area contributed by atoms with Crippen molar-refractivity contribution >= 4 is 17.8 Å². The molecule has 0 saturated heterocycles. The van der Waals surface area contributed by atoms with Gasteiger partial charge in [0.15, 0.2) is 0 Å². The van der Waals surface area contributed by atoms with Crippen molar-refractivity contribution in [3.8, 4) is 0 Å². The second kappa shape index (κ2) is 5.48. The molecule has 0 heterocycles. The maximum Gasteiger partial charge on any atom is 0.303 e. The minimum Gasteiger partial charge on any atom is -0.481 e. The molecule has 1 aliphatic rings. The van der Waals surface area contributed by atoms with E-state index in [4.69, 9.17) is 5.11 Å². The van der Waals surface area contributed by atoms with Crippen LogP contribution in [0.2, 0.25) is 0 Å². The molecule has 0 radical (unpaired) electrons. The molecule has 0 aromatic heterocycles. The molecule has 16 heavy (non-hydrogen) atoms. The van der Waals surface area contributed by atoms with Crippen LogP contribution in [0.3, 0.4) is 0 Å². The maximum atomic E-state index is 11.4. The summed E-state index contributed by atoms with van der Waals surface area (Å²) in [6, 6.07) is 0.273. The number of nitrogens with one attached hydrogen (secondary N) is 1. The van der Waals surface area contributed by atoms with E-state index in [0.717, 1.165) is 12.8 Å². The zero-order valence-electron chi connectivity index (χ0n) is 9.23. The molecule has 1 fully saturated rings. The van der Waals surface area contributed by atoms with Crippen molar-refractivity contribution in [3.05, 3.63) is 0 Å². The molecule has 0 spiro atoms. The number of carbonyl (C=O) groups excluding carboxylic acids is 2. The first kappa shape index (κ1) is 12.5. The molecular formula is C10H16N2O4. The van der Waals surface area contributed by atoms with Gasteiger partial charge < -0.3 is 15.3 Å². The Morgan fingerprint density at radius 3 is 2.44 bits per heavy atom. The number of hydrogen-bond donors (Lipinski definition) is 2. The number of rotatable bonds is 6. The monoisotopic (exact) mass is 228 g/mol. The molecule has 90 valence electrons. The van der Waals surface area contributed by atoms with Crippen LogP contribution in [0, 0.1) is 0 Å². The average molecular weight is 228 g/mol. The molecular weight excluding hydrogens is 212 g/mol. The third-order valence-electron chi connectivity index (χ3n) is 2.30. The summed E-state index contributed by atoms with van der Waals surface area (Å²) >= 11 is 0. The fourth-order valence-corrected chi connectivity index (χ4v) is 1.21. The van der Waals surface area contributed by atoms with Crippen molar-refractivity contribution in [2.45, 2.75) is 31.7 Å². The van der Waals surface area contributed by atoms with Gasteiger partial charge in [0.1, 0.15) is 0 Å². The number of likely N-dealkylation sites (N-methyl/N-ethyl adjacent to an activating group) is 1. The number of nitrogens with zero attached hydrogens (tertiary/aromatic N) is 1. The van der Waals surface area contributed by atoms with Crippen molar-refractivity contribution in [1.82, 2.24) is 10.2 Å². The van der Waals surface area contributed by atoms with Crippen molar-refractivity contribution in [3.63, 3.8) is 0 Å². The summed E-state index contributed by atoms with van der Waals surface area (Å²) in [5.41, 5.74) is 0. The average Bonchev–Trinajstić information content (AvgIpc) is 2.97. The standard InChI is InChI=1S/C10H16N2O4/c1-12(9(14)4-5-10(15)16)6-8(13)11-7-2-3-7/h7H,2-6H2,1H3,(H,11,13)(H,15,16). The molecule has 6 heteroatoms. The third-order valence-corrected chi connectivity index (χ3v) is 2.30. The minimum absolute atomic E-state index is 0.00501. The number of carboxylic acids is 1. The second-order valence-electron chi connectivity index (χ2n) is 3.99. The Balaban J connectivity index is 2.21. The van der Waals surface area contributed by atoms with Crippen LogP contribution in [0.25, 0.3) is 0 Å². The van der Waals surface area contributed by atoms with Crippen LogP contribution in [-0.4, -0.2) is 47.4 Å². The van der Waals surface area contributed by atoms with Crippen LogP contribution in [-0.2, 0) is 14.4 Å². The van der Waals surface area contributed by atoms with Crippen molar-refractivity contribution in [1.29, 1.82) is 0 Å². The number of hydrogen-bond acceptors (Lipinski definition) is 3. The smallest absolute Gasteiger partial charge is 0.303 e. The SMILES string of the molecule is CN(CC(=O)NC1CC1)C(=O)CCC(=O)O. The van der Waals surface area contributed by atoms with Crippen molar-refractivity contribution < 1.29 is 19.5 Å². The molecule has 1 saturated carbocycles. The number of carbonyl (C=O) groups is 3. The summed E-state index contributed by atoms with van der Waals surface area (Å²) < 4.78 is 0. The molecule has 2 amide bonds. The molecule has 1 aliphatic carbocycles. The fourth-order valence-electron chi connectivity index (χ4n) is 1.21. The van der Waals surface area contributed by atoms with Gasteiger partial charge in [-0.05, 0) is 12.8 Å². The molecule has 2 N–H and O–H groups in total. The van der Waals surface area contributed by atoms with Gasteiger partial charge in [-0.3, -0.25) is 14.4 Å². The first-order valence-electron chi connectivity index (χ1n) is 5.24. The lowest BCUT2D eigenvalue weighted by molar-refractivity contribution is -0.141. The van der Waals surface area contributed by atoms with Crippen molar-refractivity contribution in [2.24, 2.45) is 0 Å². The van der Waals surface area contributed by atoms with Crippen LogP contribution in [0.1, 0.15) is 25.7 Å². The fraction of sp³-hybridized carbons (Fsp3) is 0.700. The Morgan fingerprint density at radius 2 is 1.94 bits per heavy atom. The van der Waals surface area contributed by atoms with Crippen LogP contribution < -0.4 is 5.32 Å². The molecule has 0 aliphatic heterocycles. The summed E-state index contributed by atoms with van der Waals surface area (Å²) in [5, 5.41) is 11.2. The van der Waals surface area contributed by atoms with Gasteiger partial charge in [0.25, 0.3) is 0 Å². The lowest BCUT2D eigenvalue weighted by atomic mass is 10.3. The third kappa shape index (κ3) is 4.77. The Bertz CT molecular complexity index is 299. The highest BCUT2D eigenvalue weighted by Crippen LogP contribution is 2.18. The van der Waals surface area contributed by atoms with Gasteiger partial charge in [-0.25, -0.2) is 0 Å². The summed E-state index contributed by atoms with van der Waals surface area (Å²) in [5.74, 6) is -1.52. The summed E-state index contributed by atoms with van der Waals surface area (Å²) in [7, 11) is 1.50. The Kier molecular flexibility index (Phi) is 4.28. The van der Waals surface area contributed by atoms with Gasteiger partial charge in [-0.15, -0.1) is 0 Å². The molecule has 0 atom stereocenters. The summed E-state index contributed by atoms with van der Waals surface area (Å²) in [6.07, 6.45) is 1.74. The van der Waals surface area contributed by atoms with E-state index >= 15 is 0 Å². The van der Waals surface area contributed by atoms with Crippen LogP contribution in [0.5, 0.6) is 0 Å². The first-order valence-corrected chi connectivity index (χ1v) is 5.24. The highest BCUT2D eigenvalue weighted by molar-refractivity contribution is 5.86. The van der Waals surface area contributed by atoms with Gasteiger partial charge in [0.2, 0.25) is 11.8 Å². The van der Waals surface area contributed by atoms with E-state index in [9.17, 15) is 14.4 Å². The van der Waals surface area contributed by atoms with Gasteiger partial charge in [0.05, 0.1) is 13.0 Å². The molecule has 6 nitrogen and oxygen atoms in total. The predicted octanol–water partition coefficient (Wildman–Crippen LogP) is -0.412. The zero-order valence-corrected chi connectivity index (χ0v) is 9.23. The topological polar surface area (TPSA) is 86.7 Å². The molecule has 0 aromatic carbocycles. The second-order valence-corrected chi connectivity index (χ2v) is 3.99. The lowest BCUT2D eigenvalue weighted by Crippen LogP contribution is -2.39. The highest BCUT2D eigenvalue weighted by Gasteiger charge is 2.24. The number of carboxylic acid groups (broad SMARTS) is 1. The lowest BCUT2D eigenvalue weighted by Gasteiger charge is -2.16. The van der Waals surface area contributed by atoms with Crippen LogP contribution in [0.15, 0.2) is 0 Å². The van der Waals surface area contributed by atoms with E-state index in [0.29, 0.717) is 0 Å². The van der Waals surface area contributed by atoms with Crippen LogP contribution >= 0.6 is 0 Å². The van der Waals surface area contributed by atoms with Crippen LogP contribution in [0.4, 0.5) is 0 Å². The largest absolute Gasteiger partial charge is 0.481 e. The summed E-state index contributed by atoms with van der Waals surface area (Å²) in [6.45, 7) is -0.00501. The van der Waals surface area contributed by atoms with Gasteiger partial charge in [-0.2, -0.15) is 0 Å². The number of amides is 2. The first-order chi connectivity index (χ1) is 7.49. The zero-order chi connectivity index (χ0) is 12.1. The normalized spacial score (nSPS) is 14.3. The molecule has 1 rings (SSSR count). The Morgan fingerprint density at radius 1 is 1.31 bits per heavy atom.